The first-order valence-corrected chi connectivity index (χ1v) is 6.26. The Labute approximate surface area is 97.0 Å². The van der Waals surface area contributed by atoms with Crippen molar-refractivity contribution in [2.75, 3.05) is 20.2 Å². The van der Waals surface area contributed by atoms with E-state index >= 15 is 0 Å². The summed E-state index contributed by atoms with van der Waals surface area (Å²) in [6.45, 7) is 2.34. The van der Waals surface area contributed by atoms with Gasteiger partial charge in [0, 0.05) is 12.5 Å². The molecule has 1 aromatic carbocycles. The summed E-state index contributed by atoms with van der Waals surface area (Å²) < 4.78 is 5.35. The number of hydrogen-bond donors (Lipinski definition) is 1. The maximum atomic E-state index is 5.35. The van der Waals surface area contributed by atoms with E-state index in [-0.39, 0.29) is 0 Å². The Bertz CT molecular complexity index is 388. The van der Waals surface area contributed by atoms with Crippen LogP contribution in [0.15, 0.2) is 18.2 Å². The molecule has 2 atom stereocenters. The van der Waals surface area contributed by atoms with Gasteiger partial charge in [0.2, 0.25) is 0 Å². The zero-order valence-corrected chi connectivity index (χ0v) is 9.83. The second-order valence-electron chi connectivity index (χ2n) is 4.98. The number of rotatable bonds is 1. The Balaban J connectivity index is 2.03. The van der Waals surface area contributed by atoms with Gasteiger partial charge in [-0.2, -0.15) is 0 Å². The van der Waals surface area contributed by atoms with E-state index in [9.17, 15) is 0 Å². The minimum Gasteiger partial charge on any atom is -0.497 e. The topological polar surface area (TPSA) is 21.3 Å². The average Bonchev–Trinajstić information content (AvgIpc) is 2.71. The molecule has 1 fully saturated rings. The molecule has 0 saturated carbocycles. The van der Waals surface area contributed by atoms with E-state index in [0.29, 0.717) is 5.92 Å². The zero-order chi connectivity index (χ0) is 11.0. The summed E-state index contributed by atoms with van der Waals surface area (Å²) in [6.07, 6.45) is 3.95. The lowest BCUT2D eigenvalue weighted by Gasteiger charge is -2.18. The molecule has 0 amide bonds. The summed E-state index contributed by atoms with van der Waals surface area (Å²) in [4.78, 5) is 0. The number of methoxy groups -OCH3 is 1. The van der Waals surface area contributed by atoms with Gasteiger partial charge in [-0.25, -0.2) is 0 Å². The third-order valence-electron chi connectivity index (χ3n) is 4.11. The molecule has 1 aliphatic carbocycles. The van der Waals surface area contributed by atoms with Crippen LogP contribution in [0, 0.1) is 5.92 Å². The zero-order valence-electron chi connectivity index (χ0n) is 9.83. The van der Waals surface area contributed by atoms with Crippen LogP contribution in [0.25, 0.3) is 0 Å². The molecule has 0 spiro atoms. The number of hydrogen-bond acceptors (Lipinski definition) is 2. The maximum absolute atomic E-state index is 5.35. The van der Waals surface area contributed by atoms with Crippen molar-refractivity contribution in [3.8, 4) is 5.75 Å². The quantitative estimate of drug-likeness (QED) is 0.779. The summed E-state index contributed by atoms with van der Waals surface area (Å²) in [5, 5.41) is 3.53. The van der Waals surface area contributed by atoms with Gasteiger partial charge in [-0.05, 0) is 55.0 Å². The predicted molar refractivity (Wildman–Crippen MR) is 65.0 cm³/mol. The summed E-state index contributed by atoms with van der Waals surface area (Å²) in [5.41, 5.74) is 3.07. The Hall–Kier alpha value is -1.02. The van der Waals surface area contributed by atoms with Gasteiger partial charge in [0.25, 0.3) is 0 Å². The molecule has 1 heterocycles. The van der Waals surface area contributed by atoms with Crippen LogP contribution in [-0.4, -0.2) is 20.2 Å². The van der Waals surface area contributed by atoms with Crippen LogP contribution in [0.2, 0.25) is 0 Å². The van der Waals surface area contributed by atoms with E-state index in [4.69, 9.17) is 4.74 Å². The van der Waals surface area contributed by atoms with Gasteiger partial charge in [-0.15, -0.1) is 0 Å². The van der Waals surface area contributed by atoms with E-state index < -0.39 is 0 Å². The number of benzene rings is 1. The molecule has 1 aliphatic heterocycles. The van der Waals surface area contributed by atoms with Crippen molar-refractivity contribution in [1.29, 1.82) is 0 Å². The highest BCUT2D eigenvalue weighted by Gasteiger charge is 2.31. The Morgan fingerprint density at radius 2 is 2.25 bits per heavy atom. The van der Waals surface area contributed by atoms with E-state index in [1.165, 1.54) is 36.9 Å². The highest BCUT2D eigenvalue weighted by molar-refractivity contribution is 5.40. The van der Waals surface area contributed by atoms with Crippen molar-refractivity contribution < 1.29 is 4.74 Å². The third-order valence-corrected chi connectivity index (χ3v) is 4.11. The molecule has 3 rings (SSSR count). The van der Waals surface area contributed by atoms with Gasteiger partial charge in [0.15, 0.2) is 0 Å². The lowest BCUT2D eigenvalue weighted by atomic mass is 9.87. The van der Waals surface area contributed by atoms with Crippen LogP contribution in [0.5, 0.6) is 5.75 Å². The maximum Gasteiger partial charge on any atom is 0.119 e. The standard InChI is InChI=1S/C14H19NO/c1-16-12-6-5-10-3-2-4-11-8-15-9-14(11)13(10)7-12/h5-7,11,14-15H,2-4,8-9H2,1H3/t11-,14-/m0/s1. The summed E-state index contributed by atoms with van der Waals surface area (Å²) in [6, 6.07) is 6.61. The molecular weight excluding hydrogens is 198 g/mol. The van der Waals surface area contributed by atoms with Crippen molar-refractivity contribution in [3.05, 3.63) is 29.3 Å². The summed E-state index contributed by atoms with van der Waals surface area (Å²) >= 11 is 0. The molecule has 0 radical (unpaired) electrons. The molecule has 2 nitrogen and oxygen atoms in total. The summed E-state index contributed by atoms with van der Waals surface area (Å²) in [5.74, 6) is 2.56. The smallest absolute Gasteiger partial charge is 0.119 e. The van der Waals surface area contributed by atoms with Crippen molar-refractivity contribution in [1.82, 2.24) is 5.32 Å². The molecule has 1 N–H and O–H groups in total. The van der Waals surface area contributed by atoms with Gasteiger partial charge < -0.3 is 10.1 Å². The number of nitrogens with one attached hydrogen (secondary N) is 1. The molecule has 1 aromatic rings. The van der Waals surface area contributed by atoms with Gasteiger partial charge in [-0.1, -0.05) is 6.07 Å². The SMILES string of the molecule is COc1ccc2c(c1)[C@H]1CNC[C@@H]1CCC2. The van der Waals surface area contributed by atoms with Crippen molar-refractivity contribution >= 4 is 0 Å². The Morgan fingerprint density at radius 3 is 3.12 bits per heavy atom. The Kier molecular flexibility index (Phi) is 2.60. The van der Waals surface area contributed by atoms with Gasteiger partial charge in [-0.3, -0.25) is 0 Å². The fourth-order valence-corrected chi connectivity index (χ4v) is 3.23. The molecular formula is C14H19NO. The molecule has 2 heteroatoms. The number of fused-ring (bicyclic) bond motifs is 3. The molecule has 0 aromatic heterocycles. The van der Waals surface area contributed by atoms with Crippen LogP contribution in [0.4, 0.5) is 0 Å². The lowest BCUT2D eigenvalue weighted by molar-refractivity contribution is 0.412. The first-order chi connectivity index (χ1) is 7.88. The van der Waals surface area contributed by atoms with Crippen LogP contribution in [0.1, 0.15) is 29.9 Å². The lowest BCUT2D eigenvalue weighted by Crippen LogP contribution is -2.09. The fraction of sp³-hybridized carbons (Fsp3) is 0.571. The highest BCUT2D eigenvalue weighted by atomic mass is 16.5. The second kappa shape index (κ2) is 4.10. The van der Waals surface area contributed by atoms with Crippen molar-refractivity contribution in [2.45, 2.75) is 25.2 Å². The van der Waals surface area contributed by atoms with Crippen molar-refractivity contribution in [2.24, 2.45) is 5.92 Å². The van der Waals surface area contributed by atoms with Crippen molar-refractivity contribution in [3.63, 3.8) is 0 Å². The molecule has 86 valence electrons. The summed E-state index contributed by atoms with van der Waals surface area (Å²) in [7, 11) is 1.75. The first-order valence-electron chi connectivity index (χ1n) is 6.26. The molecule has 1 saturated heterocycles. The molecule has 0 unspecified atom stereocenters. The van der Waals surface area contributed by atoms with Crippen LogP contribution < -0.4 is 10.1 Å². The Morgan fingerprint density at radius 1 is 1.31 bits per heavy atom. The first kappa shape index (κ1) is 10.2. The molecule has 0 bridgehead atoms. The minimum atomic E-state index is 0.715. The van der Waals surface area contributed by atoms with E-state index in [0.717, 1.165) is 18.2 Å². The number of ether oxygens (including phenoxy) is 1. The van der Waals surface area contributed by atoms with E-state index in [2.05, 4.69) is 23.5 Å². The molecule has 16 heavy (non-hydrogen) atoms. The van der Waals surface area contributed by atoms with Gasteiger partial charge in [0.1, 0.15) is 5.75 Å². The fourth-order valence-electron chi connectivity index (χ4n) is 3.23. The highest BCUT2D eigenvalue weighted by Crippen LogP contribution is 2.38. The average molecular weight is 217 g/mol. The largest absolute Gasteiger partial charge is 0.497 e. The molecule has 2 aliphatic rings. The predicted octanol–water partition coefficient (Wildman–Crippen LogP) is 2.33. The van der Waals surface area contributed by atoms with E-state index in [1.807, 2.05) is 0 Å². The third kappa shape index (κ3) is 1.61. The second-order valence-corrected chi connectivity index (χ2v) is 4.98. The van der Waals surface area contributed by atoms with Gasteiger partial charge >= 0.3 is 0 Å². The van der Waals surface area contributed by atoms with Crippen LogP contribution in [0.3, 0.4) is 0 Å². The monoisotopic (exact) mass is 217 g/mol. The minimum absolute atomic E-state index is 0.715. The van der Waals surface area contributed by atoms with Crippen LogP contribution in [-0.2, 0) is 6.42 Å². The van der Waals surface area contributed by atoms with E-state index in [1.54, 1.807) is 7.11 Å². The normalized spacial score (nSPS) is 28.1. The van der Waals surface area contributed by atoms with Gasteiger partial charge in [0.05, 0.1) is 7.11 Å². The number of aryl methyl sites for hydroxylation is 1. The van der Waals surface area contributed by atoms with Crippen LogP contribution >= 0.6 is 0 Å².